The first-order valence-electron chi connectivity index (χ1n) is 7.07. The van der Waals surface area contributed by atoms with Crippen molar-refractivity contribution < 1.29 is 28.0 Å². The van der Waals surface area contributed by atoms with Gasteiger partial charge in [-0.25, -0.2) is 8.78 Å². The Morgan fingerprint density at radius 3 is 2.48 bits per heavy atom. The Bertz CT molecular complexity index is 813. The molecule has 9 heteroatoms. The van der Waals surface area contributed by atoms with Gasteiger partial charge in [0.2, 0.25) is 0 Å². The Balaban J connectivity index is 2.13. The molecule has 0 spiro atoms. The molecule has 2 aromatic carbocycles. The number of methoxy groups -OCH3 is 1. The molecule has 1 atom stereocenters. The van der Waals surface area contributed by atoms with Crippen LogP contribution in [-0.2, 0) is 4.79 Å². The van der Waals surface area contributed by atoms with Crippen molar-refractivity contribution in [3.63, 3.8) is 0 Å². The molecule has 2 rings (SSSR count). The van der Waals surface area contributed by atoms with E-state index in [4.69, 9.17) is 9.47 Å². The van der Waals surface area contributed by atoms with Crippen molar-refractivity contribution >= 4 is 17.3 Å². The fourth-order valence-corrected chi connectivity index (χ4v) is 1.93. The summed E-state index contributed by atoms with van der Waals surface area (Å²) in [4.78, 5) is 22.3. The highest BCUT2D eigenvalue weighted by Crippen LogP contribution is 2.32. The molecule has 0 saturated carbocycles. The molecular formula is C16H14F2N2O5. The summed E-state index contributed by atoms with van der Waals surface area (Å²) in [6.07, 6.45) is -1.08. The number of rotatable bonds is 6. The quantitative estimate of drug-likeness (QED) is 0.636. The maximum absolute atomic E-state index is 13.2. The normalized spacial score (nSPS) is 11.5. The SMILES string of the molecule is COc1ccc([N+](=O)[O-])cc1O[C@H](C)C(=O)Nc1ccc(F)c(F)c1. The molecule has 2 aromatic rings. The van der Waals surface area contributed by atoms with Gasteiger partial charge in [0.15, 0.2) is 29.2 Å². The molecule has 25 heavy (non-hydrogen) atoms. The molecule has 0 unspecified atom stereocenters. The van der Waals surface area contributed by atoms with E-state index in [2.05, 4.69) is 5.32 Å². The van der Waals surface area contributed by atoms with E-state index in [0.717, 1.165) is 18.2 Å². The van der Waals surface area contributed by atoms with Crippen LogP contribution in [-0.4, -0.2) is 24.0 Å². The lowest BCUT2D eigenvalue weighted by Gasteiger charge is -2.16. The maximum atomic E-state index is 13.2. The fourth-order valence-electron chi connectivity index (χ4n) is 1.93. The number of carbonyl (C=O) groups excluding carboxylic acids is 1. The first kappa shape index (κ1) is 18.1. The van der Waals surface area contributed by atoms with Gasteiger partial charge in [-0.15, -0.1) is 0 Å². The maximum Gasteiger partial charge on any atom is 0.273 e. The Kier molecular flexibility index (Phi) is 5.48. The average Bonchev–Trinajstić information content (AvgIpc) is 2.57. The zero-order valence-electron chi connectivity index (χ0n) is 13.3. The smallest absolute Gasteiger partial charge is 0.273 e. The lowest BCUT2D eigenvalue weighted by Crippen LogP contribution is -2.30. The predicted molar refractivity (Wildman–Crippen MR) is 84.7 cm³/mol. The van der Waals surface area contributed by atoms with Crippen LogP contribution >= 0.6 is 0 Å². The van der Waals surface area contributed by atoms with Crippen molar-refractivity contribution in [2.75, 3.05) is 12.4 Å². The second-order valence-electron chi connectivity index (χ2n) is 4.97. The van der Waals surface area contributed by atoms with Crippen LogP contribution in [0.2, 0.25) is 0 Å². The molecular weight excluding hydrogens is 338 g/mol. The van der Waals surface area contributed by atoms with Gasteiger partial charge in [0.1, 0.15) is 0 Å². The Hall–Kier alpha value is -3.23. The van der Waals surface area contributed by atoms with Gasteiger partial charge in [-0.2, -0.15) is 0 Å². The second kappa shape index (κ2) is 7.56. The van der Waals surface area contributed by atoms with Crippen LogP contribution in [0.5, 0.6) is 11.5 Å². The summed E-state index contributed by atoms with van der Waals surface area (Å²) in [6.45, 7) is 1.40. The molecule has 0 fully saturated rings. The lowest BCUT2D eigenvalue weighted by molar-refractivity contribution is -0.385. The van der Waals surface area contributed by atoms with Gasteiger partial charge in [-0.3, -0.25) is 14.9 Å². The average molecular weight is 352 g/mol. The molecule has 1 N–H and O–H groups in total. The molecule has 1 amide bonds. The zero-order valence-corrected chi connectivity index (χ0v) is 13.3. The van der Waals surface area contributed by atoms with Crippen molar-refractivity contribution in [3.8, 4) is 11.5 Å². The highest BCUT2D eigenvalue weighted by Gasteiger charge is 2.20. The van der Waals surface area contributed by atoms with Gasteiger partial charge in [0, 0.05) is 17.8 Å². The van der Waals surface area contributed by atoms with E-state index in [1.807, 2.05) is 0 Å². The molecule has 0 aliphatic rings. The van der Waals surface area contributed by atoms with Crippen molar-refractivity contribution in [2.24, 2.45) is 0 Å². The topological polar surface area (TPSA) is 90.7 Å². The summed E-state index contributed by atoms with van der Waals surface area (Å²) in [6, 6.07) is 6.59. The Morgan fingerprint density at radius 2 is 1.88 bits per heavy atom. The minimum absolute atomic E-state index is 0.00429. The van der Waals surface area contributed by atoms with Gasteiger partial charge in [0.05, 0.1) is 18.1 Å². The van der Waals surface area contributed by atoms with E-state index < -0.39 is 28.6 Å². The second-order valence-corrected chi connectivity index (χ2v) is 4.97. The predicted octanol–water partition coefficient (Wildman–Crippen LogP) is 3.29. The number of hydrogen-bond donors (Lipinski definition) is 1. The first-order chi connectivity index (χ1) is 11.8. The number of benzene rings is 2. The molecule has 0 heterocycles. The fraction of sp³-hybridized carbons (Fsp3) is 0.188. The molecule has 0 saturated heterocycles. The Morgan fingerprint density at radius 1 is 1.16 bits per heavy atom. The third-order valence-corrected chi connectivity index (χ3v) is 3.22. The highest BCUT2D eigenvalue weighted by atomic mass is 19.2. The van der Waals surface area contributed by atoms with Crippen LogP contribution in [0.4, 0.5) is 20.2 Å². The van der Waals surface area contributed by atoms with E-state index in [1.54, 1.807) is 0 Å². The summed E-state index contributed by atoms with van der Waals surface area (Å²) in [5.74, 6) is -2.59. The molecule has 0 aromatic heterocycles. The number of halogens is 2. The van der Waals surface area contributed by atoms with Gasteiger partial charge in [-0.05, 0) is 25.1 Å². The van der Waals surface area contributed by atoms with Crippen LogP contribution in [0, 0.1) is 21.7 Å². The third-order valence-electron chi connectivity index (χ3n) is 3.22. The zero-order chi connectivity index (χ0) is 18.6. The molecule has 0 bridgehead atoms. The standard InChI is InChI=1S/C16H14F2N2O5/c1-9(16(21)19-10-3-5-12(17)13(18)7-10)25-15-8-11(20(22)23)4-6-14(15)24-2/h3-9H,1-2H3,(H,19,21)/t9-/m1/s1. The summed E-state index contributed by atoms with van der Waals surface area (Å²) in [7, 11) is 1.35. The minimum Gasteiger partial charge on any atom is -0.493 e. The number of nitrogens with one attached hydrogen (secondary N) is 1. The van der Waals surface area contributed by atoms with Crippen molar-refractivity contribution in [1.29, 1.82) is 0 Å². The van der Waals surface area contributed by atoms with Gasteiger partial charge < -0.3 is 14.8 Å². The van der Waals surface area contributed by atoms with Crippen LogP contribution in [0.25, 0.3) is 0 Å². The van der Waals surface area contributed by atoms with Crippen molar-refractivity contribution in [3.05, 3.63) is 58.1 Å². The van der Waals surface area contributed by atoms with Crippen LogP contribution in [0.15, 0.2) is 36.4 Å². The number of nitro benzene ring substituents is 1. The number of hydrogen-bond acceptors (Lipinski definition) is 5. The van der Waals surface area contributed by atoms with E-state index in [9.17, 15) is 23.7 Å². The lowest BCUT2D eigenvalue weighted by atomic mass is 10.2. The van der Waals surface area contributed by atoms with Crippen LogP contribution in [0.3, 0.4) is 0 Å². The van der Waals surface area contributed by atoms with E-state index in [1.165, 1.54) is 32.2 Å². The van der Waals surface area contributed by atoms with Crippen molar-refractivity contribution in [1.82, 2.24) is 0 Å². The van der Waals surface area contributed by atoms with Gasteiger partial charge >= 0.3 is 0 Å². The van der Waals surface area contributed by atoms with Gasteiger partial charge in [0.25, 0.3) is 11.6 Å². The number of carbonyl (C=O) groups is 1. The van der Waals surface area contributed by atoms with Gasteiger partial charge in [-0.1, -0.05) is 0 Å². The summed E-state index contributed by atoms with van der Waals surface area (Å²) in [5, 5.41) is 13.2. The summed E-state index contributed by atoms with van der Waals surface area (Å²) >= 11 is 0. The van der Waals surface area contributed by atoms with Crippen molar-refractivity contribution in [2.45, 2.75) is 13.0 Å². The minimum atomic E-state index is -1.10. The molecule has 0 aliphatic carbocycles. The largest absolute Gasteiger partial charge is 0.493 e. The Labute approximate surface area is 141 Å². The van der Waals surface area contributed by atoms with E-state index >= 15 is 0 Å². The molecule has 0 radical (unpaired) electrons. The monoisotopic (exact) mass is 352 g/mol. The molecule has 132 valence electrons. The summed E-state index contributed by atoms with van der Waals surface area (Å²) in [5.41, 5.74) is -0.186. The number of non-ortho nitro benzene ring substituents is 1. The number of nitro groups is 1. The first-order valence-corrected chi connectivity index (χ1v) is 7.07. The third kappa shape index (κ3) is 4.40. The van der Waals surface area contributed by atoms with E-state index in [-0.39, 0.29) is 22.9 Å². The molecule has 0 aliphatic heterocycles. The number of anilines is 1. The van der Waals surface area contributed by atoms with Crippen LogP contribution in [0.1, 0.15) is 6.92 Å². The number of ether oxygens (including phenoxy) is 2. The summed E-state index contributed by atoms with van der Waals surface area (Å²) < 4.78 is 36.5. The van der Waals surface area contributed by atoms with E-state index in [0.29, 0.717) is 0 Å². The highest BCUT2D eigenvalue weighted by molar-refractivity contribution is 5.94. The van der Waals surface area contributed by atoms with Crippen LogP contribution < -0.4 is 14.8 Å². The number of amides is 1. The molecule has 7 nitrogen and oxygen atoms in total. The number of nitrogens with zero attached hydrogens (tertiary/aromatic N) is 1.